The van der Waals surface area contributed by atoms with Gasteiger partial charge in [-0.15, -0.1) is 11.8 Å². The van der Waals surface area contributed by atoms with Gasteiger partial charge in [0.25, 0.3) is 0 Å². The van der Waals surface area contributed by atoms with Crippen LogP contribution in [0.1, 0.15) is 24.5 Å². The number of benzene rings is 3. The van der Waals surface area contributed by atoms with E-state index in [1.165, 1.54) is 29.9 Å². The SMILES string of the molecule is OC(c1ccc2c(cnn2-c2ccc(F)cc2)c1)C(Sc1ccccc1)C1CC1. The molecule has 1 fully saturated rings. The van der Waals surface area contributed by atoms with Gasteiger partial charge in [-0.05, 0) is 72.9 Å². The summed E-state index contributed by atoms with van der Waals surface area (Å²) in [6.07, 6.45) is 3.61. The first-order valence-electron chi connectivity index (χ1n) is 9.82. The number of fused-ring (bicyclic) bond motifs is 1. The molecule has 3 nitrogen and oxygen atoms in total. The van der Waals surface area contributed by atoms with Crippen molar-refractivity contribution in [3.05, 3.63) is 90.4 Å². The van der Waals surface area contributed by atoms with Crippen LogP contribution in [0.15, 0.2) is 83.9 Å². The van der Waals surface area contributed by atoms with Crippen molar-refractivity contribution >= 4 is 22.7 Å². The second kappa shape index (κ2) is 7.65. The van der Waals surface area contributed by atoms with E-state index >= 15 is 0 Å². The molecule has 1 heterocycles. The molecule has 3 aromatic carbocycles. The van der Waals surface area contributed by atoms with Gasteiger partial charge in [0.2, 0.25) is 0 Å². The Hall–Kier alpha value is -2.63. The standard InChI is InChI=1S/C24H21FN2OS/c25-19-9-11-20(12-10-19)27-22-13-8-17(14-18(22)15-26-27)23(28)24(16-6-7-16)29-21-4-2-1-3-5-21/h1-5,8-16,23-24,28H,6-7H2. The fourth-order valence-electron chi connectivity index (χ4n) is 3.71. The van der Waals surface area contributed by atoms with Crippen LogP contribution in [-0.4, -0.2) is 20.1 Å². The predicted octanol–water partition coefficient (Wildman–Crippen LogP) is 5.77. The molecule has 2 unspecified atom stereocenters. The molecule has 1 saturated carbocycles. The Bertz CT molecular complexity index is 1120. The number of nitrogens with zero attached hydrogens (tertiary/aromatic N) is 2. The lowest BCUT2D eigenvalue weighted by Crippen LogP contribution is -2.17. The lowest BCUT2D eigenvalue weighted by molar-refractivity contribution is 0.167. The molecule has 1 aromatic heterocycles. The highest BCUT2D eigenvalue weighted by atomic mass is 32.2. The predicted molar refractivity (Wildman–Crippen MR) is 115 cm³/mol. The molecule has 1 N–H and O–H groups in total. The molecule has 0 radical (unpaired) electrons. The largest absolute Gasteiger partial charge is 0.387 e. The molecule has 0 bridgehead atoms. The minimum atomic E-state index is -0.536. The van der Waals surface area contributed by atoms with Gasteiger partial charge < -0.3 is 5.11 Å². The van der Waals surface area contributed by atoms with E-state index in [-0.39, 0.29) is 11.1 Å². The highest BCUT2D eigenvalue weighted by Gasteiger charge is 2.37. The highest BCUT2D eigenvalue weighted by molar-refractivity contribution is 8.00. The van der Waals surface area contributed by atoms with E-state index in [1.807, 2.05) is 36.4 Å². The van der Waals surface area contributed by atoms with E-state index in [0.717, 1.165) is 22.2 Å². The van der Waals surface area contributed by atoms with Gasteiger partial charge in [-0.2, -0.15) is 5.10 Å². The van der Waals surface area contributed by atoms with Crippen molar-refractivity contribution < 1.29 is 9.50 Å². The molecule has 0 amide bonds. The first-order valence-corrected chi connectivity index (χ1v) is 10.7. The lowest BCUT2D eigenvalue weighted by Gasteiger charge is -2.23. The number of aliphatic hydroxyl groups excluding tert-OH is 1. The molecule has 2 atom stereocenters. The second-order valence-electron chi connectivity index (χ2n) is 7.53. The summed E-state index contributed by atoms with van der Waals surface area (Å²) >= 11 is 1.76. The quantitative estimate of drug-likeness (QED) is 0.415. The Morgan fingerprint density at radius 2 is 1.76 bits per heavy atom. The van der Waals surface area contributed by atoms with Gasteiger partial charge in [0.15, 0.2) is 0 Å². The maximum absolute atomic E-state index is 13.2. The summed E-state index contributed by atoms with van der Waals surface area (Å²) in [7, 11) is 0. The van der Waals surface area contributed by atoms with Crippen molar-refractivity contribution in [2.24, 2.45) is 5.92 Å². The van der Waals surface area contributed by atoms with Crippen molar-refractivity contribution in [3.63, 3.8) is 0 Å². The Labute approximate surface area is 173 Å². The number of hydrogen-bond acceptors (Lipinski definition) is 3. The van der Waals surface area contributed by atoms with E-state index in [9.17, 15) is 9.50 Å². The zero-order valence-corrected chi connectivity index (χ0v) is 16.6. The third kappa shape index (κ3) is 3.80. The van der Waals surface area contributed by atoms with Crippen LogP contribution < -0.4 is 0 Å². The van der Waals surface area contributed by atoms with Gasteiger partial charge in [-0.3, -0.25) is 0 Å². The van der Waals surface area contributed by atoms with E-state index in [1.54, 1.807) is 34.8 Å². The van der Waals surface area contributed by atoms with Gasteiger partial charge in [0.05, 0.1) is 23.5 Å². The average Bonchev–Trinajstić information content (AvgIpc) is 3.51. The summed E-state index contributed by atoms with van der Waals surface area (Å²) in [5.74, 6) is 0.283. The average molecular weight is 405 g/mol. The van der Waals surface area contributed by atoms with Gasteiger partial charge in [0, 0.05) is 15.5 Å². The molecule has 0 spiro atoms. The molecule has 4 aromatic rings. The Balaban J connectivity index is 1.44. The molecule has 1 aliphatic carbocycles. The van der Waals surface area contributed by atoms with Gasteiger partial charge in [0.1, 0.15) is 5.82 Å². The number of aliphatic hydroxyl groups is 1. The fraction of sp³-hybridized carbons (Fsp3) is 0.208. The third-order valence-electron chi connectivity index (χ3n) is 5.42. The first kappa shape index (κ1) is 18.4. The van der Waals surface area contributed by atoms with Crippen LogP contribution in [-0.2, 0) is 0 Å². The van der Waals surface area contributed by atoms with Crippen LogP contribution in [0.4, 0.5) is 4.39 Å². The van der Waals surface area contributed by atoms with Gasteiger partial charge >= 0.3 is 0 Å². The summed E-state index contributed by atoms with van der Waals surface area (Å²) in [5.41, 5.74) is 2.66. The molecule has 29 heavy (non-hydrogen) atoms. The van der Waals surface area contributed by atoms with Crippen molar-refractivity contribution in [2.45, 2.75) is 29.1 Å². The molecule has 0 aliphatic heterocycles. The smallest absolute Gasteiger partial charge is 0.123 e. The van der Waals surface area contributed by atoms with Crippen molar-refractivity contribution in [1.82, 2.24) is 9.78 Å². The number of hydrogen-bond donors (Lipinski definition) is 1. The molecule has 5 rings (SSSR count). The minimum Gasteiger partial charge on any atom is -0.387 e. The minimum absolute atomic E-state index is 0.141. The number of rotatable bonds is 6. The lowest BCUT2D eigenvalue weighted by atomic mass is 10.0. The van der Waals surface area contributed by atoms with Crippen molar-refractivity contribution in [1.29, 1.82) is 0 Å². The Morgan fingerprint density at radius 1 is 1.00 bits per heavy atom. The molecular weight excluding hydrogens is 383 g/mol. The Morgan fingerprint density at radius 3 is 2.48 bits per heavy atom. The van der Waals surface area contributed by atoms with Crippen LogP contribution in [0.25, 0.3) is 16.6 Å². The van der Waals surface area contributed by atoms with Crippen molar-refractivity contribution in [3.8, 4) is 5.69 Å². The summed E-state index contributed by atoms with van der Waals surface area (Å²) in [4.78, 5) is 1.19. The van der Waals surface area contributed by atoms with E-state index in [4.69, 9.17) is 0 Å². The van der Waals surface area contributed by atoms with Crippen LogP contribution in [0.3, 0.4) is 0 Å². The molecule has 5 heteroatoms. The van der Waals surface area contributed by atoms with E-state index < -0.39 is 6.10 Å². The molecule has 1 aliphatic rings. The maximum Gasteiger partial charge on any atom is 0.123 e. The third-order valence-corrected chi connectivity index (χ3v) is 6.88. The molecular formula is C24H21FN2OS. The summed E-state index contributed by atoms with van der Waals surface area (Å²) < 4.78 is 15.0. The number of thioether (sulfide) groups is 1. The molecule has 146 valence electrons. The number of halogens is 1. The first-order chi connectivity index (χ1) is 14.2. The fourth-order valence-corrected chi connectivity index (χ4v) is 5.09. The second-order valence-corrected chi connectivity index (χ2v) is 8.78. The van der Waals surface area contributed by atoms with Crippen molar-refractivity contribution in [2.75, 3.05) is 0 Å². The van der Waals surface area contributed by atoms with Gasteiger partial charge in [-0.1, -0.05) is 24.3 Å². The maximum atomic E-state index is 13.2. The summed E-state index contributed by atoms with van der Waals surface area (Å²) in [6, 6.07) is 22.6. The Kier molecular flexibility index (Phi) is 4.86. The highest BCUT2D eigenvalue weighted by Crippen LogP contribution is 2.47. The van der Waals surface area contributed by atoms with E-state index in [2.05, 4.69) is 17.2 Å². The zero-order chi connectivity index (χ0) is 19.8. The van der Waals surface area contributed by atoms with Crippen LogP contribution in [0.2, 0.25) is 0 Å². The summed E-state index contributed by atoms with van der Waals surface area (Å²) in [6.45, 7) is 0. The van der Waals surface area contributed by atoms with E-state index in [0.29, 0.717) is 5.92 Å². The van der Waals surface area contributed by atoms with Crippen LogP contribution >= 0.6 is 11.8 Å². The molecule has 0 saturated heterocycles. The van der Waals surface area contributed by atoms with Gasteiger partial charge in [-0.25, -0.2) is 9.07 Å². The van der Waals surface area contributed by atoms with Crippen LogP contribution in [0.5, 0.6) is 0 Å². The normalized spacial score (nSPS) is 16.1. The topological polar surface area (TPSA) is 38.1 Å². The van der Waals surface area contributed by atoms with Crippen LogP contribution in [0, 0.1) is 11.7 Å². The monoisotopic (exact) mass is 404 g/mol. The number of aromatic nitrogens is 2. The summed E-state index contributed by atoms with van der Waals surface area (Å²) in [5, 5.41) is 16.7. The zero-order valence-electron chi connectivity index (χ0n) is 15.8.